The minimum absolute atomic E-state index is 0.295. The van der Waals surface area contributed by atoms with Crippen LogP contribution in [-0.4, -0.2) is 10.2 Å². The molecule has 90 valence electrons. The van der Waals surface area contributed by atoms with Gasteiger partial charge < -0.3 is 5.73 Å². The molecule has 1 unspecified atom stereocenters. The van der Waals surface area contributed by atoms with Gasteiger partial charge in [-0.15, -0.1) is 0 Å². The average molecular weight is 238 g/mol. The zero-order chi connectivity index (χ0) is 12.5. The molecule has 0 aliphatic heterocycles. The van der Waals surface area contributed by atoms with Crippen LogP contribution in [0.5, 0.6) is 0 Å². The zero-order valence-electron chi connectivity index (χ0n) is 9.98. The second kappa shape index (κ2) is 4.19. The van der Waals surface area contributed by atoms with Crippen molar-refractivity contribution in [2.75, 3.05) is 5.73 Å². The van der Waals surface area contributed by atoms with E-state index in [-0.39, 0.29) is 0 Å². The topological polar surface area (TPSA) is 78.5 Å². The van der Waals surface area contributed by atoms with Crippen LogP contribution < -0.4 is 5.73 Å². The van der Waals surface area contributed by atoms with E-state index in [1.165, 1.54) is 11.1 Å². The third-order valence-corrected chi connectivity index (χ3v) is 3.67. The lowest BCUT2D eigenvalue weighted by atomic mass is 9.81. The summed E-state index contributed by atoms with van der Waals surface area (Å²) < 4.78 is 0. The SMILES string of the molecule is N#Cc1c(C2CCc3ccccc3C2)n[nH]c1N. The summed E-state index contributed by atoms with van der Waals surface area (Å²) in [6.07, 6.45) is 3.00. The normalized spacial score (nSPS) is 18.1. The molecule has 2 aromatic rings. The minimum atomic E-state index is 0.295. The molecule has 1 aliphatic rings. The van der Waals surface area contributed by atoms with Gasteiger partial charge in [-0.3, -0.25) is 5.10 Å². The van der Waals surface area contributed by atoms with Gasteiger partial charge in [0, 0.05) is 5.92 Å². The number of aryl methyl sites for hydroxylation is 1. The van der Waals surface area contributed by atoms with Gasteiger partial charge in [0.05, 0.1) is 5.69 Å². The van der Waals surface area contributed by atoms with E-state index in [4.69, 9.17) is 11.0 Å². The number of nitriles is 1. The molecule has 0 saturated carbocycles. The van der Waals surface area contributed by atoms with Gasteiger partial charge in [-0.25, -0.2) is 0 Å². The quantitative estimate of drug-likeness (QED) is 0.798. The summed E-state index contributed by atoms with van der Waals surface area (Å²) in [5.41, 5.74) is 9.82. The van der Waals surface area contributed by atoms with Gasteiger partial charge in [-0.1, -0.05) is 24.3 Å². The predicted molar refractivity (Wildman–Crippen MR) is 68.9 cm³/mol. The number of rotatable bonds is 1. The van der Waals surface area contributed by atoms with Crippen molar-refractivity contribution in [1.82, 2.24) is 10.2 Å². The van der Waals surface area contributed by atoms with E-state index in [2.05, 4.69) is 40.5 Å². The number of nitrogen functional groups attached to an aromatic ring is 1. The Balaban J connectivity index is 1.95. The number of nitrogens with zero attached hydrogens (tertiary/aromatic N) is 2. The highest BCUT2D eigenvalue weighted by molar-refractivity contribution is 5.52. The van der Waals surface area contributed by atoms with Gasteiger partial charge >= 0.3 is 0 Å². The van der Waals surface area contributed by atoms with Gasteiger partial charge in [-0.2, -0.15) is 10.4 Å². The highest BCUT2D eigenvalue weighted by Crippen LogP contribution is 2.34. The van der Waals surface area contributed by atoms with Crippen LogP contribution in [0.2, 0.25) is 0 Å². The smallest absolute Gasteiger partial charge is 0.137 e. The minimum Gasteiger partial charge on any atom is -0.383 e. The standard InChI is InChI=1S/C14H14N4/c15-8-12-13(17-18-14(12)16)11-6-5-9-3-1-2-4-10(9)7-11/h1-4,11H,5-7H2,(H3,16,17,18). The van der Waals surface area contributed by atoms with E-state index in [1.54, 1.807) is 0 Å². The van der Waals surface area contributed by atoms with Crippen LogP contribution in [-0.2, 0) is 12.8 Å². The molecule has 4 nitrogen and oxygen atoms in total. The highest BCUT2D eigenvalue weighted by Gasteiger charge is 2.25. The Bertz CT molecular complexity index is 621. The number of H-pyrrole nitrogens is 1. The van der Waals surface area contributed by atoms with Crippen LogP contribution in [0.4, 0.5) is 5.82 Å². The van der Waals surface area contributed by atoms with Gasteiger partial charge in [0.1, 0.15) is 17.5 Å². The van der Waals surface area contributed by atoms with E-state index in [0.29, 0.717) is 17.3 Å². The fraction of sp³-hybridized carbons (Fsp3) is 0.286. The fourth-order valence-corrected chi connectivity index (χ4v) is 2.71. The van der Waals surface area contributed by atoms with Crippen molar-refractivity contribution in [3.63, 3.8) is 0 Å². The number of nitrogens with two attached hydrogens (primary N) is 1. The zero-order valence-corrected chi connectivity index (χ0v) is 9.98. The molecule has 1 aromatic carbocycles. The van der Waals surface area contributed by atoms with Crippen molar-refractivity contribution in [3.05, 3.63) is 46.6 Å². The number of nitrogens with one attached hydrogen (secondary N) is 1. The van der Waals surface area contributed by atoms with Crippen molar-refractivity contribution in [1.29, 1.82) is 5.26 Å². The molecular formula is C14H14N4. The Hall–Kier alpha value is -2.28. The number of hydrogen-bond acceptors (Lipinski definition) is 3. The number of fused-ring (bicyclic) bond motifs is 1. The van der Waals surface area contributed by atoms with Crippen molar-refractivity contribution in [2.45, 2.75) is 25.2 Å². The van der Waals surface area contributed by atoms with E-state index in [0.717, 1.165) is 25.0 Å². The maximum atomic E-state index is 9.12. The monoisotopic (exact) mass is 238 g/mol. The van der Waals surface area contributed by atoms with Crippen LogP contribution in [0.25, 0.3) is 0 Å². The summed E-state index contributed by atoms with van der Waals surface area (Å²) in [6, 6.07) is 10.6. The maximum absolute atomic E-state index is 9.12. The molecule has 3 rings (SSSR count). The molecule has 0 fully saturated rings. The van der Waals surface area contributed by atoms with Crippen molar-refractivity contribution in [3.8, 4) is 6.07 Å². The first kappa shape index (κ1) is 10.8. The molecule has 0 spiro atoms. The Morgan fingerprint density at radius 1 is 1.33 bits per heavy atom. The molecule has 0 radical (unpaired) electrons. The van der Waals surface area contributed by atoms with Gasteiger partial charge in [0.2, 0.25) is 0 Å². The first-order valence-corrected chi connectivity index (χ1v) is 6.10. The summed E-state index contributed by atoms with van der Waals surface area (Å²) in [5, 5.41) is 16.0. The largest absolute Gasteiger partial charge is 0.383 e. The lowest BCUT2D eigenvalue weighted by molar-refractivity contribution is 0.568. The molecule has 0 amide bonds. The van der Waals surface area contributed by atoms with Crippen molar-refractivity contribution >= 4 is 5.82 Å². The third-order valence-electron chi connectivity index (χ3n) is 3.67. The van der Waals surface area contributed by atoms with Crippen molar-refractivity contribution in [2.24, 2.45) is 0 Å². The predicted octanol–water partition coefficient (Wildman–Crippen LogP) is 2.14. The van der Waals surface area contributed by atoms with Gasteiger partial charge in [0.25, 0.3) is 0 Å². The molecule has 1 aliphatic carbocycles. The maximum Gasteiger partial charge on any atom is 0.137 e. The Morgan fingerprint density at radius 3 is 2.89 bits per heavy atom. The van der Waals surface area contributed by atoms with E-state index >= 15 is 0 Å². The number of benzene rings is 1. The van der Waals surface area contributed by atoms with E-state index < -0.39 is 0 Å². The van der Waals surface area contributed by atoms with Gasteiger partial charge in [-0.05, 0) is 30.4 Å². The summed E-state index contributed by atoms with van der Waals surface area (Å²) in [6.45, 7) is 0. The molecule has 3 N–H and O–H groups in total. The number of hydrogen-bond donors (Lipinski definition) is 2. The molecule has 1 aromatic heterocycles. The summed E-state index contributed by atoms with van der Waals surface area (Å²) in [7, 11) is 0. The molecule has 0 bridgehead atoms. The number of aromatic amines is 1. The van der Waals surface area contributed by atoms with E-state index in [1.807, 2.05) is 0 Å². The Labute approximate surface area is 105 Å². The van der Waals surface area contributed by atoms with Crippen LogP contribution in [0, 0.1) is 11.3 Å². The van der Waals surface area contributed by atoms with Crippen LogP contribution >= 0.6 is 0 Å². The van der Waals surface area contributed by atoms with Crippen LogP contribution in [0.15, 0.2) is 24.3 Å². The van der Waals surface area contributed by atoms with Crippen LogP contribution in [0.3, 0.4) is 0 Å². The first-order chi connectivity index (χ1) is 8.79. The summed E-state index contributed by atoms with van der Waals surface area (Å²) >= 11 is 0. The Morgan fingerprint density at radius 2 is 2.11 bits per heavy atom. The lowest BCUT2D eigenvalue weighted by Gasteiger charge is -2.23. The molecule has 18 heavy (non-hydrogen) atoms. The highest BCUT2D eigenvalue weighted by atomic mass is 15.2. The molecule has 1 atom stereocenters. The number of anilines is 1. The second-order valence-corrected chi connectivity index (χ2v) is 4.72. The summed E-state index contributed by atoms with van der Waals surface area (Å²) in [5.74, 6) is 0.675. The lowest BCUT2D eigenvalue weighted by Crippen LogP contribution is -2.14. The Kier molecular flexibility index (Phi) is 2.52. The second-order valence-electron chi connectivity index (χ2n) is 4.72. The third kappa shape index (κ3) is 1.65. The fourth-order valence-electron chi connectivity index (χ4n) is 2.71. The van der Waals surface area contributed by atoms with Crippen molar-refractivity contribution < 1.29 is 0 Å². The summed E-state index contributed by atoms with van der Waals surface area (Å²) in [4.78, 5) is 0. The molecule has 0 saturated heterocycles. The molecular weight excluding hydrogens is 224 g/mol. The first-order valence-electron chi connectivity index (χ1n) is 6.10. The number of aromatic nitrogens is 2. The molecule has 1 heterocycles. The molecule has 4 heteroatoms. The van der Waals surface area contributed by atoms with E-state index in [9.17, 15) is 0 Å². The van der Waals surface area contributed by atoms with Crippen LogP contribution in [0.1, 0.15) is 34.7 Å². The van der Waals surface area contributed by atoms with Gasteiger partial charge in [0.15, 0.2) is 0 Å². The average Bonchev–Trinajstić information content (AvgIpc) is 2.79.